The molecule has 0 aliphatic carbocycles. The number of nitrogens with zero attached hydrogens (tertiary/aromatic N) is 2. The number of benzene rings is 2. The highest BCUT2D eigenvalue weighted by atomic mass is 16.6. The molecule has 0 saturated carbocycles. The van der Waals surface area contributed by atoms with Gasteiger partial charge >= 0.3 is 6.09 Å². The SMILES string of the molecule is CN(C)C(=O)OCCN(CCc1c[nH]c2ccccc12)Cc1ccc(/C=C/C(=O)NO)cc1. The minimum absolute atomic E-state index is 0.308. The molecule has 0 saturated heterocycles. The van der Waals surface area contributed by atoms with Crippen molar-refractivity contribution in [2.45, 2.75) is 13.0 Å². The predicted molar refractivity (Wildman–Crippen MR) is 128 cm³/mol. The first-order valence-corrected chi connectivity index (χ1v) is 10.8. The van der Waals surface area contributed by atoms with E-state index in [-0.39, 0.29) is 6.09 Å². The number of nitrogens with one attached hydrogen (secondary N) is 2. The van der Waals surface area contributed by atoms with Gasteiger partial charge in [-0.3, -0.25) is 14.9 Å². The number of aromatic amines is 1. The fourth-order valence-corrected chi connectivity index (χ4v) is 3.48. The summed E-state index contributed by atoms with van der Waals surface area (Å²) in [4.78, 5) is 29.9. The third kappa shape index (κ3) is 7.20. The van der Waals surface area contributed by atoms with E-state index in [9.17, 15) is 9.59 Å². The van der Waals surface area contributed by atoms with Crippen molar-refractivity contribution in [3.8, 4) is 0 Å². The summed E-state index contributed by atoms with van der Waals surface area (Å²) in [5, 5.41) is 9.80. The number of hydrogen-bond donors (Lipinski definition) is 3. The molecule has 33 heavy (non-hydrogen) atoms. The summed E-state index contributed by atoms with van der Waals surface area (Å²) in [5.41, 5.74) is 5.91. The smallest absolute Gasteiger partial charge is 0.409 e. The van der Waals surface area contributed by atoms with E-state index in [4.69, 9.17) is 9.94 Å². The second-order valence-corrected chi connectivity index (χ2v) is 7.95. The molecule has 174 valence electrons. The van der Waals surface area contributed by atoms with E-state index in [0.717, 1.165) is 29.6 Å². The Hall–Kier alpha value is -3.62. The minimum atomic E-state index is -0.574. The average Bonchev–Trinajstić information content (AvgIpc) is 3.24. The van der Waals surface area contributed by atoms with E-state index in [1.807, 2.05) is 36.4 Å². The Balaban J connectivity index is 1.65. The van der Waals surface area contributed by atoms with Gasteiger partial charge in [-0.2, -0.15) is 0 Å². The number of amides is 2. The van der Waals surface area contributed by atoms with E-state index >= 15 is 0 Å². The maximum absolute atomic E-state index is 11.8. The van der Waals surface area contributed by atoms with Gasteiger partial charge < -0.3 is 14.6 Å². The van der Waals surface area contributed by atoms with Crippen LogP contribution in [0.3, 0.4) is 0 Å². The maximum Gasteiger partial charge on any atom is 0.409 e. The fraction of sp³-hybridized carbons (Fsp3) is 0.280. The van der Waals surface area contributed by atoms with E-state index in [0.29, 0.717) is 19.7 Å². The van der Waals surface area contributed by atoms with E-state index < -0.39 is 5.91 Å². The molecule has 8 heteroatoms. The molecule has 0 bridgehead atoms. The fourth-order valence-electron chi connectivity index (χ4n) is 3.48. The lowest BCUT2D eigenvalue weighted by Gasteiger charge is -2.23. The van der Waals surface area contributed by atoms with Crippen molar-refractivity contribution in [2.75, 3.05) is 33.8 Å². The standard InChI is InChI=1S/C25H30N4O4/c1-28(2)25(31)33-16-15-29(14-13-21-17-26-23-6-4-3-5-22(21)23)18-20-9-7-19(8-10-20)11-12-24(30)27-32/h3-12,17,26,32H,13-16,18H2,1-2H3,(H,27,30)/b12-11+. The van der Waals surface area contributed by atoms with Crippen molar-refractivity contribution in [3.63, 3.8) is 0 Å². The zero-order valence-corrected chi connectivity index (χ0v) is 19.0. The monoisotopic (exact) mass is 450 g/mol. The van der Waals surface area contributed by atoms with Crippen LogP contribution >= 0.6 is 0 Å². The van der Waals surface area contributed by atoms with Crippen LogP contribution in [-0.4, -0.2) is 65.8 Å². The summed E-state index contributed by atoms with van der Waals surface area (Å²) in [6.45, 7) is 2.42. The van der Waals surface area contributed by atoms with Crippen LogP contribution in [0.2, 0.25) is 0 Å². The summed E-state index contributed by atoms with van der Waals surface area (Å²) in [6, 6.07) is 16.1. The van der Waals surface area contributed by atoms with Crippen LogP contribution < -0.4 is 5.48 Å². The Labute approximate surface area is 193 Å². The van der Waals surface area contributed by atoms with Gasteiger partial charge in [0.1, 0.15) is 6.61 Å². The first-order chi connectivity index (χ1) is 16.0. The van der Waals surface area contributed by atoms with Gasteiger partial charge in [-0.1, -0.05) is 42.5 Å². The lowest BCUT2D eigenvalue weighted by Crippen LogP contribution is -2.32. The largest absolute Gasteiger partial charge is 0.448 e. The van der Waals surface area contributed by atoms with Crippen LogP contribution in [0.5, 0.6) is 0 Å². The van der Waals surface area contributed by atoms with E-state index in [1.165, 1.54) is 21.9 Å². The van der Waals surface area contributed by atoms with Crippen LogP contribution in [0.25, 0.3) is 17.0 Å². The molecule has 0 fully saturated rings. The first kappa shape index (κ1) is 24.0. The van der Waals surface area contributed by atoms with Gasteiger partial charge in [-0.05, 0) is 35.3 Å². The number of ether oxygens (including phenoxy) is 1. The second kappa shape index (κ2) is 11.8. The molecular weight excluding hydrogens is 420 g/mol. The van der Waals surface area contributed by atoms with Crippen LogP contribution in [0.15, 0.2) is 60.8 Å². The number of carbonyl (C=O) groups is 2. The van der Waals surface area contributed by atoms with Gasteiger partial charge in [0.05, 0.1) is 0 Å². The number of hydrogen-bond acceptors (Lipinski definition) is 5. The molecule has 3 aromatic rings. The summed E-state index contributed by atoms with van der Waals surface area (Å²) >= 11 is 0. The number of hydroxylamine groups is 1. The number of carbonyl (C=O) groups excluding carboxylic acids is 2. The van der Waals surface area contributed by atoms with Crippen molar-refractivity contribution in [1.82, 2.24) is 20.3 Å². The van der Waals surface area contributed by atoms with Gasteiger partial charge in [0.25, 0.3) is 5.91 Å². The Bertz CT molecular complexity index is 1090. The minimum Gasteiger partial charge on any atom is -0.448 e. The lowest BCUT2D eigenvalue weighted by atomic mass is 10.1. The molecule has 1 heterocycles. The highest BCUT2D eigenvalue weighted by Crippen LogP contribution is 2.19. The third-order valence-electron chi connectivity index (χ3n) is 5.29. The molecule has 0 radical (unpaired) electrons. The zero-order chi connectivity index (χ0) is 23.6. The molecule has 2 aromatic carbocycles. The molecule has 0 aliphatic rings. The topological polar surface area (TPSA) is 97.9 Å². The number of fused-ring (bicyclic) bond motifs is 1. The molecule has 0 atom stereocenters. The van der Waals surface area contributed by atoms with Gasteiger partial charge in [-0.15, -0.1) is 0 Å². The number of H-pyrrole nitrogens is 1. The molecule has 3 rings (SSSR count). The first-order valence-electron chi connectivity index (χ1n) is 10.8. The molecule has 0 spiro atoms. The van der Waals surface area contributed by atoms with Gasteiger partial charge in [0.15, 0.2) is 0 Å². The lowest BCUT2D eigenvalue weighted by molar-refractivity contribution is -0.124. The van der Waals surface area contributed by atoms with Crippen molar-refractivity contribution >= 4 is 29.0 Å². The highest BCUT2D eigenvalue weighted by molar-refractivity contribution is 5.90. The third-order valence-corrected chi connectivity index (χ3v) is 5.29. The number of aromatic nitrogens is 1. The number of rotatable bonds is 10. The van der Waals surface area contributed by atoms with E-state index in [2.05, 4.69) is 28.2 Å². The van der Waals surface area contributed by atoms with Crippen LogP contribution in [0.4, 0.5) is 4.79 Å². The van der Waals surface area contributed by atoms with Crippen LogP contribution in [0, 0.1) is 0 Å². The maximum atomic E-state index is 11.8. The number of para-hydroxylation sites is 1. The normalized spacial score (nSPS) is 11.3. The molecule has 0 unspecified atom stereocenters. The molecule has 2 amide bonds. The molecule has 8 nitrogen and oxygen atoms in total. The van der Waals surface area contributed by atoms with Crippen molar-refractivity contribution in [2.24, 2.45) is 0 Å². The summed E-state index contributed by atoms with van der Waals surface area (Å²) in [5.74, 6) is -0.574. The molecule has 1 aromatic heterocycles. The van der Waals surface area contributed by atoms with Crippen molar-refractivity contribution < 1.29 is 19.5 Å². The molecule has 3 N–H and O–H groups in total. The van der Waals surface area contributed by atoms with E-state index in [1.54, 1.807) is 25.7 Å². The summed E-state index contributed by atoms with van der Waals surface area (Å²) < 4.78 is 5.33. The van der Waals surface area contributed by atoms with Crippen LogP contribution in [-0.2, 0) is 22.5 Å². The van der Waals surface area contributed by atoms with Crippen LogP contribution in [0.1, 0.15) is 16.7 Å². The molecule has 0 aliphatic heterocycles. The Kier molecular flexibility index (Phi) is 8.63. The average molecular weight is 451 g/mol. The quantitative estimate of drug-likeness (QED) is 0.250. The van der Waals surface area contributed by atoms with Gasteiger partial charge in [0.2, 0.25) is 0 Å². The Morgan fingerprint density at radius 3 is 2.58 bits per heavy atom. The van der Waals surface area contributed by atoms with Gasteiger partial charge in [0, 0.05) is 56.9 Å². The van der Waals surface area contributed by atoms with Gasteiger partial charge in [-0.25, -0.2) is 10.3 Å². The second-order valence-electron chi connectivity index (χ2n) is 7.95. The summed E-state index contributed by atoms with van der Waals surface area (Å²) in [6.07, 6.45) is 5.46. The van der Waals surface area contributed by atoms with Crippen molar-refractivity contribution in [1.29, 1.82) is 0 Å². The predicted octanol–water partition coefficient (Wildman–Crippen LogP) is 3.43. The Morgan fingerprint density at radius 2 is 1.85 bits per heavy atom. The van der Waals surface area contributed by atoms with Crippen molar-refractivity contribution in [3.05, 3.63) is 77.5 Å². The highest BCUT2D eigenvalue weighted by Gasteiger charge is 2.11. The molecular formula is C25H30N4O4. The zero-order valence-electron chi connectivity index (χ0n) is 19.0. The Morgan fingerprint density at radius 1 is 1.09 bits per heavy atom. The summed E-state index contributed by atoms with van der Waals surface area (Å²) in [7, 11) is 3.33.